The molecular weight excluding hydrogens is 583 g/mol. The molecule has 5 rings (SSSR count). The Balaban J connectivity index is 1.59. The van der Waals surface area contributed by atoms with Gasteiger partial charge in [0.25, 0.3) is 0 Å². The highest BCUT2D eigenvalue weighted by Gasteiger charge is 2.50. The lowest BCUT2D eigenvalue weighted by molar-refractivity contribution is -0.250. The van der Waals surface area contributed by atoms with E-state index in [0.717, 1.165) is 0 Å². The van der Waals surface area contributed by atoms with Gasteiger partial charge in [-0.3, -0.25) is 19.2 Å². The van der Waals surface area contributed by atoms with Gasteiger partial charge in [0, 0.05) is 41.5 Å². The van der Waals surface area contributed by atoms with Crippen LogP contribution in [0.3, 0.4) is 0 Å². The average molecular weight is 610 g/mol. The van der Waals surface area contributed by atoms with Gasteiger partial charge in [-0.25, -0.2) is 0 Å². The Morgan fingerprint density at radius 3 is 2.23 bits per heavy atom. The van der Waals surface area contributed by atoms with Crippen LogP contribution in [0.25, 0.3) is 0 Å². The van der Waals surface area contributed by atoms with Crippen molar-refractivity contribution in [1.29, 1.82) is 0 Å². The molecular formula is C28H26F3NO11. The minimum absolute atomic E-state index is 0.0587. The molecule has 2 aromatic carbocycles. The Kier molecular flexibility index (Phi) is 7.59. The molecule has 12 nitrogen and oxygen atoms in total. The number of hydrogen-bond donors (Lipinski definition) is 6. The number of aliphatic hydroxyl groups excluding tert-OH is 2. The summed E-state index contributed by atoms with van der Waals surface area (Å²) >= 11 is 0. The van der Waals surface area contributed by atoms with Crippen LogP contribution >= 0.6 is 0 Å². The van der Waals surface area contributed by atoms with Crippen LogP contribution in [0.1, 0.15) is 68.8 Å². The highest BCUT2D eigenvalue weighted by atomic mass is 19.4. The summed E-state index contributed by atoms with van der Waals surface area (Å²) in [7, 11) is 0. The molecule has 0 saturated carbocycles. The molecule has 43 heavy (non-hydrogen) atoms. The van der Waals surface area contributed by atoms with E-state index in [-0.39, 0.29) is 22.3 Å². The minimum Gasteiger partial charge on any atom is -0.507 e. The van der Waals surface area contributed by atoms with E-state index in [0.29, 0.717) is 0 Å². The summed E-state index contributed by atoms with van der Waals surface area (Å²) in [4.78, 5) is 50.9. The number of halogens is 3. The standard InChI is InChI=1S/C28H26F3NO11/c1-10-21(35)14(32-26(40)28(29,30)31)6-17(42-10)43-15-8-27(41,16(34)9-33)7-13-18(15)25(39)20-19(24(13)38)22(36)11-4-2-3-5-12(11)23(20)37/h2-5,10,14-15,17,21,33,35,38-39,41H,6-9H2,1H3,(H,32,40)/t10-,14-,15?,17-,21+,27-/m0/s1. The second-order valence-electron chi connectivity index (χ2n) is 10.7. The molecule has 1 fully saturated rings. The first-order chi connectivity index (χ1) is 20.1. The maximum atomic E-state index is 13.4. The zero-order valence-corrected chi connectivity index (χ0v) is 22.3. The highest BCUT2D eigenvalue weighted by Crippen LogP contribution is 2.52. The fourth-order valence-electron chi connectivity index (χ4n) is 5.87. The van der Waals surface area contributed by atoms with E-state index in [1.807, 2.05) is 0 Å². The minimum atomic E-state index is -5.26. The summed E-state index contributed by atoms with van der Waals surface area (Å²) in [5.74, 6) is -6.69. The summed E-state index contributed by atoms with van der Waals surface area (Å²) in [6, 6.07) is 4.14. The summed E-state index contributed by atoms with van der Waals surface area (Å²) in [6.45, 7) is 0.143. The van der Waals surface area contributed by atoms with Crippen molar-refractivity contribution in [2.75, 3.05) is 6.61 Å². The fourth-order valence-corrected chi connectivity index (χ4v) is 5.87. The number of alkyl halides is 3. The molecule has 1 heterocycles. The average Bonchev–Trinajstić information content (AvgIpc) is 2.94. The molecule has 2 aromatic rings. The van der Waals surface area contributed by atoms with E-state index < -0.39 is 114 Å². The van der Waals surface area contributed by atoms with E-state index in [1.165, 1.54) is 31.2 Å². The molecule has 6 atom stereocenters. The molecule has 1 aliphatic heterocycles. The van der Waals surface area contributed by atoms with Crippen molar-refractivity contribution in [2.45, 2.75) is 68.6 Å². The van der Waals surface area contributed by atoms with Crippen LogP contribution in [-0.4, -0.2) is 91.7 Å². The topological polar surface area (TPSA) is 200 Å². The number of rotatable bonds is 5. The van der Waals surface area contributed by atoms with E-state index in [9.17, 15) is 57.9 Å². The smallest absolute Gasteiger partial charge is 0.471 e. The number of nitrogens with one attached hydrogen (secondary N) is 1. The molecule has 0 aromatic heterocycles. The maximum absolute atomic E-state index is 13.4. The molecule has 1 amide bonds. The quantitative estimate of drug-likeness (QED) is 0.223. The number of carbonyl (C=O) groups is 4. The van der Waals surface area contributed by atoms with Crippen molar-refractivity contribution in [1.82, 2.24) is 5.32 Å². The molecule has 2 aliphatic carbocycles. The molecule has 1 unspecified atom stereocenters. The van der Waals surface area contributed by atoms with Crippen LogP contribution in [0.4, 0.5) is 13.2 Å². The van der Waals surface area contributed by atoms with Crippen molar-refractivity contribution in [3.8, 4) is 11.5 Å². The van der Waals surface area contributed by atoms with Gasteiger partial charge in [-0.2, -0.15) is 13.2 Å². The number of aliphatic hydroxyl groups is 3. The van der Waals surface area contributed by atoms with Crippen LogP contribution in [-0.2, 0) is 25.5 Å². The van der Waals surface area contributed by atoms with Crippen LogP contribution in [0.5, 0.6) is 11.5 Å². The van der Waals surface area contributed by atoms with Gasteiger partial charge in [0.05, 0.1) is 29.4 Å². The maximum Gasteiger partial charge on any atom is 0.471 e. The van der Waals surface area contributed by atoms with Crippen LogP contribution < -0.4 is 5.32 Å². The molecule has 0 spiro atoms. The molecule has 3 aliphatic rings. The molecule has 0 bridgehead atoms. The SMILES string of the molecule is C[C@@H]1O[C@@H](OC2C[C@](O)(C(=O)CO)Cc3c(O)c4c(c(O)c32)C(=O)c2ccccc2C4=O)C[C@H](NC(=O)C(F)(F)F)[C@@H]1O. The van der Waals surface area contributed by atoms with Crippen molar-refractivity contribution >= 4 is 23.3 Å². The first kappa shape index (κ1) is 30.6. The summed E-state index contributed by atoms with van der Waals surface area (Å²) < 4.78 is 50.1. The third-order valence-corrected chi connectivity index (χ3v) is 8.03. The fraction of sp³-hybridized carbons (Fsp3) is 0.429. The number of hydrogen-bond acceptors (Lipinski definition) is 11. The number of carbonyl (C=O) groups excluding carboxylic acids is 4. The summed E-state index contributed by atoms with van der Waals surface area (Å²) in [5.41, 5.74) is -4.31. The predicted molar refractivity (Wildman–Crippen MR) is 135 cm³/mol. The first-order valence-electron chi connectivity index (χ1n) is 13.1. The number of aromatic hydroxyl groups is 2. The zero-order valence-electron chi connectivity index (χ0n) is 22.3. The second kappa shape index (κ2) is 10.7. The van der Waals surface area contributed by atoms with Gasteiger partial charge in [-0.05, 0) is 6.92 Å². The highest BCUT2D eigenvalue weighted by molar-refractivity contribution is 6.30. The zero-order chi connectivity index (χ0) is 31.6. The van der Waals surface area contributed by atoms with Crippen molar-refractivity contribution in [2.24, 2.45) is 0 Å². The van der Waals surface area contributed by atoms with E-state index in [4.69, 9.17) is 9.47 Å². The van der Waals surface area contributed by atoms with E-state index >= 15 is 0 Å². The third-order valence-electron chi connectivity index (χ3n) is 8.03. The Labute approximate surface area is 240 Å². The Bertz CT molecular complexity index is 1540. The van der Waals surface area contributed by atoms with Gasteiger partial charge in [-0.15, -0.1) is 0 Å². The van der Waals surface area contributed by atoms with Crippen LogP contribution in [0.15, 0.2) is 24.3 Å². The van der Waals surface area contributed by atoms with Gasteiger partial charge < -0.3 is 40.3 Å². The lowest BCUT2D eigenvalue weighted by Crippen LogP contribution is -2.57. The third kappa shape index (κ3) is 5.06. The van der Waals surface area contributed by atoms with Gasteiger partial charge >= 0.3 is 12.1 Å². The molecule has 1 saturated heterocycles. The number of ketones is 3. The van der Waals surface area contributed by atoms with Gasteiger partial charge in [0.15, 0.2) is 23.6 Å². The van der Waals surface area contributed by atoms with Crippen LogP contribution in [0.2, 0.25) is 0 Å². The Morgan fingerprint density at radius 1 is 1.09 bits per heavy atom. The number of ether oxygens (including phenoxy) is 2. The number of Topliss-reactive ketones (excluding diaryl/α,β-unsaturated/α-hetero) is 1. The number of amides is 1. The number of benzene rings is 2. The monoisotopic (exact) mass is 609 g/mol. The van der Waals surface area contributed by atoms with Crippen molar-refractivity contribution < 1.29 is 67.4 Å². The summed E-state index contributed by atoms with van der Waals surface area (Å²) in [5, 5.41) is 55.4. The van der Waals surface area contributed by atoms with Gasteiger partial charge in [-0.1, -0.05) is 24.3 Å². The van der Waals surface area contributed by atoms with Crippen molar-refractivity contribution in [3.63, 3.8) is 0 Å². The van der Waals surface area contributed by atoms with Crippen molar-refractivity contribution in [3.05, 3.63) is 57.6 Å². The summed E-state index contributed by atoms with van der Waals surface area (Å²) in [6.07, 6.45) is -13.1. The van der Waals surface area contributed by atoms with Gasteiger partial charge in [0.1, 0.15) is 29.8 Å². The molecule has 15 heteroatoms. The number of phenols is 2. The number of fused-ring (bicyclic) bond motifs is 3. The van der Waals surface area contributed by atoms with E-state index in [1.54, 1.807) is 5.32 Å². The largest absolute Gasteiger partial charge is 0.507 e. The lowest BCUT2D eigenvalue weighted by Gasteiger charge is -2.42. The van der Waals surface area contributed by atoms with Crippen LogP contribution in [0, 0.1) is 0 Å². The molecule has 230 valence electrons. The predicted octanol–water partition coefficient (Wildman–Crippen LogP) is 0.712. The Morgan fingerprint density at radius 2 is 1.67 bits per heavy atom. The van der Waals surface area contributed by atoms with E-state index in [2.05, 4.69) is 0 Å². The Hall–Kier alpha value is -3.89. The molecule has 6 N–H and O–H groups in total. The lowest BCUT2D eigenvalue weighted by atomic mass is 9.72. The van der Waals surface area contributed by atoms with Gasteiger partial charge in [0.2, 0.25) is 0 Å². The second-order valence-corrected chi connectivity index (χ2v) is 10.7. The molecule has 0 radical (unpaired) electrons. The normalized spacial score (nSPS) is 28.5. The number of phenolic OH excluding ortho intramolecular Hbond substituents is 2. The first-order valence-corrected chi connectivity index (χ1v) is 13.1.